The van der Waals surface area contributed by atoms with Gasteiger partial charge in [0.25, 0.3) is 10.0 Å². The van der Waals surface area contributed by atoms with Gasteiger partial charge in [-0.2, -0.15) is 4.31 Å². The number of nitrogens with one attached hydrogen (secondary N) is 1. The summed E-state index contributed by atoms with van der Waals surface area (Å²) in [4.78, 5) is 4.24. The van der Waals surface area contributed by atoms with Crippen LogP contribution in [0, 0.1) is 19.8 Å². The van der Waals surface area contributed by atoms with E-state index in [4.69, 9.17) is 0 Å². The lowest BCUT2D eigenvalue weighted by atomic mass is 10.1. The molecule has 5 nitrogen and oxygen atoms in total. The first-order chi connectivity index (χ1) is 9.96. The van der Waals surface area contributed by atoms with E-state index in [9.17, 15) is 8.42 Å². The van der Waals surface area contributed by atoms with Crippen molar-refractivity contribution < 1.29 is 8.42 Å². The number of aryl methyl sites for hydroxylation is 2. The largest absolute Gasteiger partial charge is 0.314 e. The molecular formula is C14H24ClN3O2S2. The van der Waals surface area contributed by atoms with Gasteiger partial charge in [0.1, 0.15) is 0 Å². The number of halogens is 1. The van der Waals surface area contributed by atoms with E-state index in [1.807, 2.05) is 6.92 Å². The maximum absolute atomic E-state index is 12.7. The van der Waals surface area contributed by atoms with Crippen molar-refractivity contribution >= 4 is 33.8 Å². The number of rotatable bonds is 5. The highest BCUT2D eigenvalue weighted by molar-refractivity contribution is 7.91. The van der Waals surface area contributed by atoms with Crippen molar-refractivity contribution in [3.8, 4) is 0 Å². The first-order valence-electron chi connectivity index (χ1n) is 7.64. The third kappa shape index (κ3) is 4.00. The molecule has 0 radical (unpaired) electrons. The summed E-state index contributed by atoms with van der Waals surface area (Å²) < 4.78 is 27.4. The van der Waals surface area contributed by atoms with E-state index in [0.29, 0.717) is 29.0 Å². The molecule has 0 atom stereocenters. The fourth-order valence-corrected chi connectivity index (χ4v) is 5.91. The molecule has 1 aromatic rings. The molecule has 1 saturated heterocycles. The predicted molar refractivity (Wildman–Crippen MR) is 91.3 cm³/mol. The monoisotopic (exact) mass is 365 g/mol. The highest BCUT2D eigenvalue weighted by Gasteiger charge is 2.32. The van der Waals surface area contributed by atoms with E-state index < -0.39 is 10.0 Å². The second kappa shape index (κ2) is 7.13. The first-order valence-corrected chi connectivity index (χ1v) is 9.90. The molecular weight excluding hydrogens is 342 g/mol. The minimum atomic E-state index is -3.35. The van der Waals surface area contributed by atoms with Crippen LogP contribution < -0.4 is 5.32 Å². The van der Waals surface area contributed by atoms with Gasteiger partial charge in [0, 0.05) is 19.1 Å². The number of thiazole rings is 1. The van der Waals surface area contributed by atoms with Crippen LogP contribution in [0.3, 0.4) is 0 Å². The average molecular weight is 366 g/mol. The van der Waals surface area contributed by atoms with Gasteiger partial charge in [0.2, 0.25) is 0 Å². The first kappa shape index (κ1) is 18.1. The predicted octanol–water partition coefficient (Wildman–Crippen LogP) is 2.33. The summed E-state index contributed by atoms with van der Waals surface area (Å²) in [5.41, 5.74) is 0.631. The van der Waals surface area contributed by atoms with Crippen molar-refractivity contribution in [2.24, 2.45) is 5.92 Å². The number of sulfonamides is 1. The molecule has 2 fully saturated rings. The van der Waals surface area contributed by atoms with Gasteiger partial charge in [0.15, 0.2) is 4.21 Å². The lowest BCUT2D eigenvalue weighted by Crippen LogP contribution is -2.45. The zero-order valence-electron chi connectivity index (χ0n) is 13.0. The number of aromatic nitrogens is 1. The quantitative estimate of drug-likeness (QED) is 0.869. The fourth-order valence-electron chi connectivity index (χ4n) is 2.82. The second-order valence-electron chi connectivity index (χ2n) is 6.14. The fraction of sp³-hybridized carbons (Fsp3) is 0.786. The molecule has 0 amide bonds. The van der Waals surface area contributed by atoms with Gasteiger partial charge in [-0.05, 0) is 52.0 Å². The number of nitrogens with zero attached hydrogens (tertiary/aromatic N) is 2. The second-order valence-corrected chi connectivity index (χ2v) is 9.47. The Morgan fingerprint density at radius 2 is 1.86 bits per heavy atom. The van der Waals surface area contributed by atoms with Gasteiger partial charge in [-0.1, -0.05) is 0 Å². The van der Waals surface area contributed by atoms with Crippen LogP contribution in [0.4, 0.5) is 0 Å². The highest BCUT2D eigenvalue weighted by Crippen LogP contribution is 2.30. The number of piperidine rings is 1. The molecule has 0 aromatic carbocycles. The van der Waals surface area contributed by atoms with Crippen LogP contribution in [0.5, 0.6) is 0 Å². The average Bonchev–Trinajstić information content (AvgIpc) is 3.21. The Hall–Kier alpha value is -0.210. The standard InChI is InChI=1S/C14H23N3O2S2.ClH/c1-10-14(20-11(2)16-10)21(18,19)17-7-5-13(6-8-17)15-9-12-3-4-12;/h12-13,15H,3-9H2,1-2H3;1H. The van der Waals surface area contributed by atoms with E-state index in [1.165, 1.54) is 24.2 Å². The molecule has 1 aliphatic carbocycles. The molecule has 1 aliphatic heterocycles. The third-order valence-electron chi connectivity index (χ3n) is 4.28. The molecule has 1 aromatic heterocycles. The maximum Gasteiger partial charge on any atom is 0.254 e. The molecule has 126 valence electrons. The number of hydrogen-bond donors (Lipinski definition) is 1. The molecule has 8 heteroatoms. The SMILES string of the molecule is Cc1nc(C)c(S(=O)(=O)N2CCC(NCC3CC3)CC2)s1.Cl. The zero-order valence-corrected chi connectivity index (χ0v) is 15.5. The Morgan fingerprint density at radius 3 is 2.36 bits per heavy atom. The molecule has 1 N–H and O–H groups in total. The summed E-state index contributed by atoms with van der Waals surface area (Å²) in [6.07, 6.45) is 4.51. The van der Waals surface area contributed by atoms with E-state index in [2.05, 4.69) is 10.3 Å². The highest BCUT2D eigenvalue weighted by atomic mass is 35.5. The molecule has 0 spiro atoms. The molecule has 2 heterocycles. The van der Waals surface area contributed by atoms with E-state index >= 15 is 0 Å². The summed E-state index contributed by atoms with van der Waals surface area (Å²) in [5.74, 6) is 0.870. The molecule has 1 saturated carbocycles. The maximum atomic E-state index is 12.7. The zero-order chi connectivity index (χ0) is 15.0. The Balaban J connectivity index is 0.00000176. The van der Waals surface area contributed by atoms with Gasteiger partial charge in [-0.3, -0.25) is 0 Å². The van der Waals surface area contributed by atoms with Crippen LogP contribution in [0.2, 0.25) is 0 Å². The van der Waals surface area contributed by atoms with Crippen molar-refractivity contribution in [2.45, 2.75) is 49.8 Å². The minimum absolute atomic E-state index is 0. The van der Waals surface area contributed by atoms with Gasteiger partial charge in [-0.25, -0.2) is 13.4 Å². The van der Waals surface area contributed by atoms with Crippen molar-refractivity contribution in [1.82, 2.24) is 14.6 Å². The van der Waals surface area contributed by atoms with E-state index in [0.717, 1.165) is 30.3 Å². The smallest absolute Gasteiger partial charge is 0.254 e. The lowest BCUT2D eigenvalue weighted by Gasteiger charge is -2.31. The van der Waals surface area contributed by atoms with E-state index in [-0.39, 0.29) is 12.4 Å². The van der Waals surface area contributed by atoms with Gasteiger partial charge in [-0.15, -0.1) is 23.7 Å². The summed E-state index contributed by atoms with van der Waals surface area (Å²) in [6, 6.07) is 0.473. The number of hydrogen-bond acceptors (Lipinski definition) is 5. The van der Waals surface area contributed by atoms with Crippen LogP contribution in [0.1, 0.15) is 36.4 Å². The van der Waals surface area contributed by atoms with Crippen LogP contribution >= 0.6 is 23.7 Å². The summed E-state index contributed by atoms with van der Waals surface area (Å²) in [5, 5.41) is 4.39. The Morgan fingerprint density at radius 1 is 1.23 bits per heavy atom. The molecule has 3 rings (SSSR count). The molecule has 22 heavy (non-hydrogen) atoms. The van der Waals surface area contributed by atoms with Crippen LogP contribution in [-0.2, 0) is 10.0 Å². The van der Waals surface area contributed by atoms with Crippen LogP contribution in [0.15, 0.2) is 4.21 Å². The van der Waals surface area contributed by atoms with Crippen molar-refractivity contribution in [3.63, 3.8) is 0 Å². The molecule has 2 aliphatic rings. The minimum Gasteiger partial charge on any atom is -0.314 e. The van der Waals surface area contributed by atoms with Crippen molar-refractivity contribution in [3.05, 3.63) is 10.7 Å². The van der Waals surface area contributed by atoms with Gasteiger partial charge < -0.3 is 5.32 Å². The van der Waals surface area contributed by atoms with Crippen molar-refractivity contribution in [2.75, 3.05) is 19.6 Å². The summed E-state index contributed by atoms with van der Waals surface area (Å²) in [6.45, 7) is 5.96. The normalized spacial score (nSPS) is 20.8. The molecule has 0 bridgehead atoms. The summed E-state index contributed by atoms with van der Waals surface area (Å²) in [7, 11) is -3.35. The summed E-state index contributed by atoms with van der Waals surface area (Å²) >= 11 is 1.28. The van der Waals surface area contributed by atoms with E-state index in [1.54, 1.807) is 11.2 Å². The van der Waals surface area contributed by atoms with Gasteiger partial charge >= 0.3 is 0 Å². The van der Waals surface area contributed by atoms with Crippen LogP contribution in [0.25, 0.3) is 0 Å². The Kier molecular flexibility index (Phi) is 5.88. The third-order valence-corrected chi connectivity index (χ3v) is 7.84. The molecule has 0 unspecified atom stereocenters. The Labute approximate surface area is 143 Å². The lowest BCUT2D eigenvalue weighted by molar-refractivity contribution is 0.288. The topological polar surface area (TPSA) is 62.3 Å². The van der Waals surface area contributed by atoms with Crippen molar-refractivity contribution in [1.29, 1.82) is 0 Å². The van der Waals surface area contributed by atoms with Gasteiger partial charge in [0.05, 0.1) is 10.7 Å². The Bertz CT molecular complexity index is 606. The van der Waals surface area contributed by atoms with Crippen LogP contribution in [-0.4, -0.2) is 43.4 Å².